The molecule has 2 heterocycles. The predicted molar refractivity (Wildman–Crippen MR) is 126 cm³/mol. The second-order valence-corrected chi connectivity index (χ2v) is 12.4. The number of carbonyl (C=O) groups is 6. The summed E-state index contributed by atoms with van der Waals surface area (Å²) in [5.74, 6) is -4.26. The molecule has 2 aliphatic heterocycles. The van der Waals surface area contributed by atoms with Gasteiger partial charge in [0, 0.05) is 46.1 Å². The van der Waals surface area contributed by atoms with E-state index in [0.29, 0.717) is 6.29 Å². The lowest BCUT2D eigenvalue weighted by molar-refractivity contribution is -0.121. The maximum absolute atomic E-state index is 13.1. The Balaban J connectivity index is 1.57. The largest absolute Gasteiger partial charge is 0.354 e. The minimum absolute atomic E-state index is 0.000901. The number of rotatable bonds is 9. The molecule has 0 saturated heterocycles. The first-order chi connectivity index (χ1) is 17.7. The SMILES string of the molecule is O=CCN1C(=O)c2ccc3c4c(ccc(c24)C1=O)C(=O)N(CCNC(=O)CC(P(=O)(O)O)P(=O)(O)O)C3=O. The zero-order valence-electron chi connectivity index (χ0n) is 19.1. The van der Waals surface area contributed by atoms with E-state index >= 15 is 0 Å². The predicted octanol–water partition coefficient (Wildman–Crippen LogP) is -0.582. The molecule has 2 aromatic rings. The molecule has 0 radical (unpaired) electrons. The van der Waals surface area contributed by atoms with Crippen molar-refractivity contribution < 1.29 is 57.5 Å². The summed E-state index contributed by atoms with van der Waals surface area (Å²) >= 11 is 0. The average molecular weight is 567 g/mol. The van der Waals surface area contributed by atoms with E-state index in [1.807, 2.05) is 0 Å². The van der Waals surface area contributed by atoms with E-state index in [1.54, 1.807) is 0 Å². The van der Waals surface area contributed by atoms with Crippen molar-refractivity contribution in [2.45, 2.75) is 11.8 Å². The van der Waals surface area contributed by atoms with Gasteiger partial charge in [-0.15, -0.1) is 0 Å². The van der Waals surface area contributed by atoms with Gasteiger partial charge in [-0.1, -0.05) is 0 Å². The molecular weight excluding hydrogens is 548 g/mol. The van der Waals surface area contributed by atoms with Crippen molar-refractivity contribution in [2.75, 3.05) is 19.6 Å². The number of carbonyl (C=O) groups excluding carboxylic acids is 6. The summed E-state index contributed by atoms with van der Waals surface area (Å²) < 4.78 is 22.7. The van der Waals surface area contributed by atoms with Crippen LogP contribution in [0.3, 0.4) is 0 Å². The van der Waals surface area contributed by atoms with Crippen molar-refractivity contribution in [2.24, 2.45) is 0 Å². The van der Waals surface area contributed by atoms with Crippen LogP contribution in [0.1, 0.15) is 47.9 Å². The first kappa shape index (κ1) is 27.5. The molecule has 0 saturated carbocycles. The zero-order valence-corrected chi connectivity index (χ0v) is 20.9. The van der Waals surface area contributed by atoms with Crippen molar-refractivity contribution >= 4 is 61.8 Å². The molecule has 0 bridgehead atoms. The number of hydrogen-bond acceptors (Lipinski definition) is 8. The highest BCUT2D eigenvalue weighted by atomic mass is 31.2. The summed E-state index contributed by atoms with van der Waals surface area (Å²) in [6, 6.07) is 5.19. The molecule has 17 heteroatoms. The van der Waals surface area contributed by atoms with Gasteiger partial charge in [0.25, 0.3) is 23.6 Å². The molecule has 0 fully saturated rings. The molecule has 5 amide bonds. The Morgan fingerprint density at radius 1 is 0.789 bits per heavy atom. The number of benzene rings is 2. The number of nitrogens with one attached hydrogen (secondary N) is 1. The van der Waals surface area contributed by atoms with Crippen LogP contribution in [0.15, 0.2) is 24.3 Å². The summed E-state index contributed by atoms with van der Waals surface area (Å²) in [7, 11) is -10.6. The lowest BCUT2D eigenvalue weighted by Gasteiger charge is -2.31. The fourth-order valence-electron chi connectivity index (χ4n) is 4.40. The van der Waals surface area contributed by atoms with Crippen molar-refractivity contribution in [3.05, 3.63) is 46.5 Å². The number of imide groups is 2. The maximum atomic E-state index is 13.1. The molecule has 0 atom stereocenters. The van der Waals surface area contributed by atoms with Crippen molar-refractivity contribution in [1.82, 2.24) is 15.1 Å². The third-order valence-corrected chi connectivity index (χ3v) is 9.85. The first-order valence-corrected chi connectivity index (χ1v) is 14.2. The molecule has 0 aromatic heterocycles. The summed E-state index contributed by atoms with van der Waals surface area (Å²) in [5, 5.41) is -0.188. The van der Waals surface area contributed by atoms with Crippen LogP contribution >= 0.6 is 15.2 Å². The van der Waals surface area contributed by atoms with E-state index in [-0.39, 0.29) is 33.0 Å². The van der Waals surface area contributed by atoms with Crippen LogP contribution in [0, 0.1) is 0 Å². The summed E-state index contributed by atoms with van der Waals surface area (Å²) in [6.45, 7) is -1.28. The Labute approximate surface area is 212 Å². The van der Waals surface area contributed by atoms with E-state index < -0.39 is 76.2 Å². The van der Waals surface area contributed by atoms with Crippen LogP contribution in [0.4, 0.5) is 0 Å². The van der Waals surface area contributed by atoms with E-state index in [2.05, 4.69) is 5.32 Å². The number of hydrogen-bond donors (Lipinski definition) is 5. The van der Waals surface area contributed by atoms with Gasteiger partial charge in [0.15, 0.2) is 5.40 Å². The van der Waals surface area contributed by atoms with Crippen LogP contribution in [0.2, 0.25) is 0 Å². The smallest absolute Gasteiger partial charge is 0.341 e. The van der Waals surface area contributed by atoms with Crippen molar-refractivity contribution in [3.8, 4) is 0 Å². The molecule has 38 heavy (non-hydrogen) atoms. The standard InChI is InChI=1S/C21H19N3O12P2/c25-8-7-24-20(29)12-3-1-10-16-11(2-4-13(17(12)16)21(24)30)19(28)23(18(10)27)6-5-22-14(26)9-15(37(31,32)33)38(34,35)36/h1-4,8,15H,5-7,9H2,(H,22,26)(H2,31,32,33)(H2,34,35,36). The van der Waals surface area contributed by atoms with Crippen LogP contribution < -0.4 is 5.32 Å². The maximum Gasteiger partial charge on any atom is 0.341 e. The van der Waals surface area contributed by atoms with Gasteiger partial charge in [0.1, 0.15) is 6.29 Å². The third kappa shape index (κ3) is 4.60. The lowest BCUT2D eigenvalue weighted by Crippen LogP contribution is -2.46. The molecule has 5 N–H and O–H groups in total. The van der Waals surface area contributed by atoms with Crippen LogP contribution in [0.25, 0.3) is 10.8 Å². The van der Waals surface area contributed by atoms with Crippen molar-refractivity contribution in [1.29, 1.82) is 0 Å². The van der Waals surface area contributed by atoms with E-state index in [1.165, 1.54) is 24.3 Å². The molecule has 0 unspecified atom stereocenters. The minimum Gasteiger partial charge on any atom is -0.354 e. The van der Waals surface area contributed by atoms with Gasteiger partial charge in [-0.05, 0) is 24.3 Å². The minimum atomic E-state index is -5.32. The molecule has 15 nitrogen and oxygen atoms in total. The molecule has 0 aliphatic carbocycles. The fraction of sp³-hybridized carbons (Fsp3) is 0.238. The quantitative estimate of drug-likeness (QED) is 0.145. The summed E-state index contributed by atoms with van der Waals surface area (Å²) in [4.78, 5) is 113. The molecule has 2 aliphatic rings. The van der Waals surface area contributed by atoms with Crippen LogP contribution in [-0.2, 0) is 18.7 Å². The molecule has 2 aromatic carbocycles. The van der Waals surface area contributed by atoms with E-state index in [9.17, 15) is 37.9 Å². The highest BCUT2D eigenvalue weighted by Crippen LogP contribution is 2.61. The monoisotopic (exact) mass is 567 g/mol. The highest BCUT2D eigenvalue weighted by molar-refractivity contribution is 7.70. The Morgan fingerprint density at radius 2 is 1.18 bits per heavy atom. The number of nitrogens with zero attached hydrogens (tertiary/aromatic N) is 2. The average Bonchev–Trinajstić information content (AvgIpc) is 2.83. The van der Waals surface area contributed by atoms with E-state index in [4.69, 9.17) is 19.6 Å². The topological polar surface area (TPSA) is 236 Å². The molecular formula is C21H19N3O12P2. The first-order valence-electron chi connectivity index (χ1n) is 10.8. The second-order valence-electron chi connectivity index (χ2n) is 8.43. The Bertz CT molecular complexity index is 1450. The Hall–Kier alpha value is -3.58. The Morgan fingerprint density at radius 3 is 1.55 bits per heavy atom. The van der Waals surface area contributed by atoms with Crippen LogP contribution in [0.5, 0.6) is 0 Å². The van der Waals surface area contributed by atoms with Gasteiger partial charge < -0.3 is 29.7 Å². The lowest BCUT2D eigenvalue weighted by atomic mass is 9.86. The third-order valence-electron chi connectivity index (χ3n) is 6.12. The van der Waals surface area contributed by atoms with Gasteiger partial charge in [-0.25, -0.2) is 0 Å². The van der Waals surface area contributed by atoms with Gasteiger partial charge in [0.2, 0.25) is 5.91 Å². The summed E-state index contributed by atoms with van der Waals surface area (Å²) in [6.07, 6.45) is -0.806. The van der Waals surface area contributed by atoms with Gasteiger partial charge in [0.05, 0.1) is 13.0 Å². The van der Waals surface area contributed by atoms with Gasteiger partial charge >= 0.3 is 15.2 Å². The molecule has 200 valence electrons. The van der Waals surface area contributed by atoms with Crippen molar-refractivity contribution in [3.63, 3.8) is 0 Å². The highest BCUT2D eigenvalue weighted by Gasteiger charge is 2.45. The van der Waals surface area contributed by atoms with E-state index in [0.717, 1.165) is 9.80 Å². The van der Waals surface area contributed by atoms with Crippen LogP contribution in [-0.4, -0.2) is 90.2 Å². The fourth-order valence-corrected chi connectivity index (χ4v) is 6.77. The molecule has 4 rings (SSSR count). The number of aldehydes is 1. The molecule has 0 spiro atoms. The summed E-state index contributed by atoms with van der Waals surface area (Å²) in [5.41, 5.74) is 0.0686. The zero-order chi connectivity index (χ0) is 28.2. The Kier molecular flexibility index (Phi) is 6.95. The normalized spacial score (nSPS) is 15.5. The second kappa shape index (κ2) is 9.62. The number of amides is 5. The van der Waals surface area contributed by atoms with Gasteiger partial charge in [-0.2, -0.15) is 0 Å². The van der Waals surface area contributed by atoms with Gasteiger partial charge in [-0.3, -0.25) is 42.9 Å².